The minimum Gasteiger partial charge on any atom is -0.308 e. The van der Waals surface area contributed by atoms with Gasteiger partial charge in [-0.25, -0.2) is 10.8 Å². The van der Waals surface area contributed by atoms with Crippen LogP contribution in [-0.2, 0) is 0 Å². The van der Waals surface area contributed by atoms with Crippen LogP contribution in [0.4, 0.5) is 5.69 Å². The van der Waals surface area contributed by atoms with Gasteiger partial charge in [0.1, 0.15) is 5.84 Å². The Balaban J connectivity index is 2.05. The fraction of sp³-hybridized carbons (Fsp3) is 0. The van der Waals surface area contributed by atoms with Gasteiger partial charge >= 0.3 is 0 Å². The molecular weight excluding hydrogens is 326 g/mol. The molecular formula is C17H14BrN3. The number of aliphatic imine (C=N–C) groups is 1. The van der Waals surface area contributed by atoms with E-state index in [0.29, 0.717) is 5.84 Å². The van der Waals surface area contributed by atoms with Crippen LogP contribution in [-0.4, -0.2) is 5.84 Å². The van der Waals surface area contributed by atoms with Crippen molar-refractivity contribution in [2.24, 2.45) is 10.8 Å². The summed E-state index contributed by atoms with van der Waals surface area (Å²) in [6.45, 7) is 0. The van der Waals surface area contributed by atoms with Crippen molar-refractivity contribution in [3.8, 4) is 0 Å². The smallest absolute Gasteiger partial charge is 0.147 e. The summed E-state index contributed by atoms with van der Waals surface area (Å²) in [4.78, 5) is 4.54. The van der Waals surface area contributed by atoms with Crippen LogP contribution in [0.3, 0.4) is 0 Å². The van der Waals surface area contributed by atoms with Gasteiger partial charge in [-0.1, -0.05) is 52.3 Å². The maximum Gasteiger partial charge on any atom is 0.147 e. The SMILES string of the molecule is NNC(=Nc1ccccc1)c1ccc2cc(Br)ccc2c1. The molecule has 0 radical (unpaired) electrons. The topological polar surface area (TPSA) is 50.4 Å². The average molecular weight is 340 g/mol. The highest BCUT2D eigenvalue weighted by Gasteiger charge is 2.04. The third-order valence-electron chi connectivity index (χ3n) is 3.21. The van der Waals surface area contributed by atoms with Crippen molar-refractivity contribution >= 4 is 38.2 Å². The molecule has 3 aromatic carbocycles. The number of rotatable bonds is 2. The number of benzene rings is 3. The third kappa shape index (κ3) is 3.12. The quantitative estimate of drug-likeness (QED) is 0.319. The van der Waals surface area contributed by atoms with E-state index < -0.39 is 0 Å². The fourth-order valence-electron chi connectivity index (χ4n) is 2.18. The highest BCUT2D eigenvalue weighted by Crippen LogP contribution is 2.21. The molecule has 0 aliphatic rings. The van der Waals surface area contributed by atoms with Crippen molar-refractivity contribution in [3.05, 3.63) is 76.8 Å². The lowest BCUT2D eigenvalue weighted by molar-refractivity contribution is 1.02. The lowest BCUT2D eigenvalue weighted by Crippen LogP contribution is -2.30. The zero-order valence-electron chi connectivity index (χ0n) is 11.3. The number of nitrogens with two attached hydrogens (primary N) is 1. The first-order chi connectivity index (χ1) is 10.3. The van der Waals surface area contributed by atoms with Crippen LogP contribution in [0, 0.1) is 0 Å². The number of hydrogen-bond donors (Lipinski definition) is 2. The van der Waals surface area contributed by atoms with Crippen LogP contribution in [0.5, 0.6) is 0 Å². The zero-order valence-corrected chi connectivity index (χ0v) is 12.8. The molecule has 21 heavy (non-hydrogen) atoms. The Kier molecular flexibility index (Phi) is 3.99. The first-order valence-corrected chi connectivity index (χ1v) is 7.35. The standard InChI is InChI=1S/C17H14BrN3/c18-15-9-8-12-10-14(7-6-13(12)11-15)17(21-19)20-16-4-2-1-3-5-16/h1-11H,19H2,(H,20,21). The lowest BCUT2D eigenvalue weighted by Gasteiger charge is -2.08. The summed E-state index contributed by atoms with van der Waals surface area (Å²) < 4.78 is 1.07. The minimum absolute atomic E-state index is 0.644. The summed E-state index contributed by atoms with van der Waals surface area (Å²) in [5, 5.41) is 2.32. The van der Waals surface area contributed by atoms with Crippen molar-refractivity contribution in [2.75, 3.05) is 0 Å². The van der Waals surface area contributed by atoms with Gasteiger partial charge in [0.05, 0.1) is 5.69 Å². The maximum atomic E-state index is 5.63. The Bertz CT molecular complexity index is 797. The highest BCUT2D eigenvalue weighted by molar-refractivity contribution is 9.10. The summed E-state index contributed by atoms with van der Waals surface area (Å²) in [6, 6.07) is 22.1. The van der Waals surface area contributed by atoms with Crippen LogP contribution < -0.4 is 11.3 Å². The molecule has 0 unspecified atom stereocenters. The number of fused-ring (bicyclic) bond motifs is 1. The van der Waals surface area contributed by atoms with Crippen LogP contribution in [0.15, 0.2) is 76.2 Å². The van der Waals surface area contributed by atoms with Crippen LogP contribution in [0.25, 0.3) is 10.8 Å². The Morgan fingerprint density at radius 3 is 2.38 bits per heavy atom. The summed E-state index contributed by atoms with van der Waals surface area (Å²) in [7, 11) is 0. The van der Waals surface area contributed by atoms with Crippen molar-refractivity contribution < 1.29 is 0 Å². The van der Waals surface area contributed by atoms with Gasteiger partial charge in [0, 0.05) is 10.0 Å². The van der Waals surface area contributed by atoms with Crippen LogP contribution in [0.2, 0.25) is 0 Å². The number of para-hydroxylation sites is 1. The Hall–Kier alpha value is -2.17. The van der Waals surface area contributed by atoms with Crippen LogP contribution in [0.1, 0.15) is 5.56 Å². The van der Waals surface area contributed by atoms with Gasteiger partial charge < -0.3 is 5.43 Å². The molecule has 0 aromatic heterocycles. The van der Waals surface area contributed by atoms with Gasteiger partial charge in [0.25, 0.3) is 0 Å². The second-order valence-corrected chi connectivity index (χ2v) is 5.56. The normalized spacial score (nSPS) is 11.6. The summed E-state index contributed by atoms with van der Waals surface area (Å²) in [6.07, 6.45) is 0. The molecule has 3 rings (SSSR count). The number of hydrazine groups is 1. The average Bonchev–Trinajstić information content (AvgIpc) is 2.53. The summed E-state index contributed by atoms with van der Waals surface area (Å²) >= 11 is 3.48. The molecule has 3 nitrogen and oxygen atoms in total. The molecule has 0 saturated carbocycles. The first kappa shape index (κ1) is 13.8. The van der Waals surface area contributed by atoms with Crippen LogP contribution >= 0.6 is 15.9 Å². The zero-order chi connectivity index (χ0) is 14.7. The van der Waals surface area contributed by atoms with Crippen molar-refractivity contribution in [3.63, 3.8) is 0 Å². The Morgan fingerprint density at radius 1 is 0.905 bits per heavy atom. The van der Waals surface area contributed by atoms with E-state index in [1.54, 1.807) is 0 Å². The molecule has 0 heterocycles. The molecule has 0 spiro atoms. The predicted molar refractivity (Wildman–Crippen MR) is 91.6 cm³/mol. The molecule has 0 aliphatic heterocycles. The number of nitrogens with one attached hydrogen (secondary N) is 1. The van der Waals surface area contributed by atoms with Gasteiger partial charge in [-0.15, -0.1) is 0 Å². The number of amidine groups is 1. The van der Waals surface area contributed by atoms with Gasteiger partial charge in [-0.05, 0) is 41.1 Å². The number of nitrogens with zero attached hydrogens (tertiary/aromatic N) is 1. The molecule has 0 atom stereocenters. The van der Waals surface area contributed by atoms with E-state index in [1.807, 2.05) is 42.5 Å². The largest absolute Gasteiger partial charge is 0.308 e. The molecule has 0 bridgehead atoms. The summed E-state index contributed by atoms with van der Waals surface area (Å²) in [5.41, 5.74) is 4.50. The molecule has 0 fully saturated rings. The molecule has 104 valence electrons. The van der Waals surface area contributed by atoms with E-state index in [4.69, 9.17) is 5.84 Å². The molecule has 3 aromatic rings. The Morgan fingerprint density at radius 2 is 1.62 bits per heavy atom. The van der Waals surface area contributed by atoms with Gasteiger partial charge in [0.2, 0.25) is 0 Å². The maximum absolute atomic E-state index is 5.63. The second kappa shape index (κ2) is 6.08. The van der Waals surface area contributed by atoms with Crippen molar-refractivity contribution in [2.45, 2.75) is 0 Å². The number of hydrogen-bond acceptors (Lipinski definition) is 2. The summed E-state index contributed by atoms with van der Waals surface area (Å²) in [5.74, 6) is 6.28. The molecule has 0 amide bonds. The molecule has 0 saturated heterocycles. The van der Waals surface area contributed by atoms with Gasteiger partial charge in [0.15, 0.2) is 0 Å². The number of halogens is 1. The van der Waals surface area contributed by atoms with E-state index >= 15 is 0 Å². The minimum atomic E-state index is 0.644. The van der Waals surface area contributed by atoms with Crippen molar-refractivity contribution in [1.29, 1.82) is 0 Å². The predicted octanol–water partition coefficient (Wildman–Crippen LogP) is 4.14. The first-order valence-electron chi connectivity index (χ1n) is 6.56. The monoisotopic (exact) mass is 339 g/mol. The second-order valence-electron chi connectivity index (χ2n) is 4.65. The third-order valence-corrected chi connectivity index (χ3v) is 3.70. The Labute approximate surface area is 131 Å². The van der Waals surface area contributed by atoms with E-state index in [9.17, 15) is 0 Å². The molecule has 4 heteroatoms. The highest BCUT2D eigenvalue weighted by atomic mass is 79.9. The lowest BCUT2D eigenvalue weighted by atomic mass is 10.1. The van der Waals surface area contributed by atoms with Gasteiger partial charge in [-0.2, -0.15) is 0 Å². The molecule has 0 aliphatic carbocycles. The van der Waals surface area contributed by atoms with Gasteiger partial charge in [-0.3, -0.25) is 0 Å². The van der Waals surface area contributed by atoms with E-state index in [1.165, 1.54) is 5.39 Å². The van der Waals surface area contributed by atoms with E-state index in [2.05, 4.69) is 50.6 Å². The fourth-order valence-corrected chi connectivity index (χ4v) is 2.55. The van der Waals surface area contributed by atoms with E-state index in [0.717, 1.165) is 21.1 Å². The van der Waals surface area contributed by atoms with E-state index in [-0.39, 0.29) is 0 Å². The van der Waals surface area contributed by atoms with Crippen molar-refractivity contribution in [1.82, 2.24) is 5.43 Å². The molecule has 3 N–H and O–H groups in total.